The molecule has 2 N–H and O–H groups in total. The lowest BCUT2D eigenvalue weighted by Gasteiger charge is -2.50. The summed E-state index contributed by atoms with van der Waals surface area (Å²) in [6, 6.07) is 18.5. The summed E-state index contributed by atoms with van der Waals surface area (Å²) >= 11 is 0. The molecule has 0 bridgehead atoms. The number of rotatable bonds is 12. The molecular weight excluding hydrogens is 568 g/mol. The van der Waals surface area contributed by atoms with E-state index in [1.807, 2.05) is 24.7 Å². The van der Waals surface area contributed by atoms with Crippen LogP contribution in [0.4, 0.5) is 5.69 Å². The predicted molar refractivity (Wildman–Crippen MR) is 177 cm³/mol. The molecule has 0 amide bonds. The number of hydrogen-bond acceptors (Lipinski definition) is 7. The van der Waals surface area contributed by atoms with Gasteiger partial charge in [-0.05, 0) is 80.4 Å². The van der Waals surface area contributed by atoms with Crippen molar-refractivity contribution < 1.29 is 8.42 Å². The molecule has 3 heterocycles. The Morgan fingerprint density at radius 1 is 1.00 bits per heavy atom. The minimum absolute atomic E-state index is 0.0495. The van der Waals surface area contributed by atoms with Gasteiger partial charge in [0.15, 0.2) is 0 Å². The molecule has 1 atom stereocenters. The Balaban J connectivity index is 1.08. The lowest BCUT2D eigenvalue weighted by atomic mass is 9.59. The van der Waals surface area contributed by atoms with E-state index in [4.69, 9.17) is 5.41 Å². The molecule has 1 unspecified atom stereocenters. The summed E-state index contributed by atoms with van der Waals surface area (Å²) in [7, 11) is -2.07. The molecule has 1 aromatic heterocycles. The van der Waals surface area contributed by atoms with Gasteiger partial charge in [0.25, 0.3) is 0 Å². The number of anilines is 1. The van der Waals surface area contributed by atoms with Crippen molar-refractivity contribution in [2.24, 2.45) is 17.8 Å². The van der Waals surface area contributed by atoms with Crippen molar-refractivity contribution in [3.05, 3.63) is 90.0 Å². The summed E-state index contributed by atoms with van der Waals surface area (Å²) in [5.41, 5.74) is 2.70. The zero-order chi connectivity index (χ0) is 30.6. The zero-order valence-electron chi connectivity index (χ0n) is 25.8. The summed E-state index contributed by atoms with van der Waals surface area (Å²) in [6.07, 6.45) is 16.1. The Hall–Kier alpha value is -3.43. The molecule has 3 aliphatic rings. The van der Waals surface area contributed by atoms with E-state index >= 15 is 0 Å². The maximum Gasteiger partial charge on any atom is 0.209 e. The molecule has 2 aliphatic heterocycles. The summed E-state index contributed by atoms with van der Waals surface area (Å²) in [5.74, 6) is 1.98. The third kappa shape index (κ3) is 6.09. The molecule has 1 aliphatic carbocycles. The maximum absolute atomic E-state index is 12.8. The van der Waals surface area contributed by atoms with Crippen LogP contribution < -0.4 is 10.2 Å². The van der Waals surface area contributed by atoms with Crippen LogP contribution in [0.15, 0.2) is 89.3 Å². The van der Waals surface area contributed by atoms with Crippen LogP contribution >= 0.6 is 0 Å². The van der Waals surface area contributed by atoms with Crippen molar-refractivity contribution in [1.29, 1.82) is 5.41 Å². The van der Waals surface area contributed by atoms with Gasteiger partial charge in [0.05, 0.1) is 11.2 Å². The average Bonchev–Trinajstić information content (AvgIpc) is 3.76. The molecule has 8 nitrogen and oxygen atoms in total. The van der Waals surface area contributed by atoms with Gasteiger partial charge in [0.1, 0.15) is 4.91 Å². The Bertz CT molecular complexity index is 1500. The topological polar surface area (TPSA) is 94.3 Å². The van der Waals surface area contributed by atoms with Gasteiger partial charge in [0, 0.05) is 75.1 Å². The fraction of sp³-hybridized carbons (Fsp3) is 0.486. The summed E-state index contributed by atoms with van der Waals surface area (Å²) in [6.45, 7) is 6.42. The van der Waals surface area contributed by atoms with Crippen LogP contribution in [0.5, 0.6) is 0 Å². The first kappa shape index (κ1) is 30.6. The summed E-state index contributed by atoms with van der Waals surface area (Å²) < 4.78 is 28.0. The fourth-order valence-corrected chi connectivity index (χ4v) is 9.42. The molecule has 9 heteroatoms. The van der Waals surface area contributed by atoms with Gasteiger partial charge < -0.3 is 25.1 Å². The SMILES string of the molecule is CN/C=C(\C=N)S(=O)(=O)c1ccc(N2CC(CN3CCC(C(Cn4ccnc4)(c4ccccc4)C4CCCC4)CC3)C2)cc1. The largest absolute Gasteiger partial charge is 0.393 e. The molecule has 2 aromatic carbocycles. The number of sulfone groups is 1. The Morgan fingerprint density at radius 2 is 1.68 bits per heavy atom. The van der Waals surface area contributed by atoms with Crippen LogP contribution in [0, 0.1) is 23.2 Å². The Kier molecular flexibility index (Phi) is 9.23. The van der Waals surface area contributed by atoms with E-state index in [0.717, 1.165) is 51.2 Å². The predicted octanol–water partition coefficient (Wildman–Crippen LogP) is 5.34. The number of imidazole rings is 1. The molecular formula is C35H46N6O2S. The minimum atomic E-state index is -3.70. The first-order valence-corrected chi connectivity index (χ1v) is 17.6. The highest BCUT2D eigenvalue weighted by Crippen LogP contribution is 2.51. The number of hydrogen-bond donors (Lipinski definition) is 2. The van der Waals surface area contributed by atoms with E-state index in [1.165, 1.54) is 50.3 Å². The quantitative estimate of drug-likeness (QED) is 0.268. The van der Waals surface area contributed by atoms with Crippen LogP contribution in [0.2, 0.25) is 0 Å². The van der Waals surface area contributed by atoms with E-state index in [9.17, 15) is 8.42 Å². The van der Waals surface area contributed by atoms with Crippen molar-refractivity contribution in [2.45, 2.75) is 55.4 Å². The van der Waals surface area contributed by atoms with Crippen molar-refractivity contribution in [1.82, 2.24) is 19.8 Å². The second kappa shape index (κ2) is 13.3. The summed E-state index contributed by atoms with van der Waals surface area (Å²) in [4.78, 5) is 9.58. The van der Waals surface area contributed by atoms with Crippen LogP contribution in [0.25, 0.3) is 0 Å². The maximum atomic E-state index is 12.8. The minimum Gasteiger partial charge on any atom is -0.393 e. The van der Waals surface area contributed by atoms with Gasteiger partial charge in [-0.1, -0.05) is 43.2 Å². The van der Waals surface area contributed by atoms with Crippen molar-refractivity contribution >= 4 is 21.7 Å². The number of aromatic nitrogens is 2. The number of nitrogens with zero attached hydrogens (tertiary/aromatic N) is 4. The number of nitrogens with one attached hydrogen (secondary N) is 2. The molecule has 0 radical (unpaired) electrons. The van der Waals surface area contributed by atoms with Crippen molar-refractivity contribution in [2.75, 3.05) is 44.7 Å². The highest BCUT2D eigenvalue weighted by atomic mass is 32.2. The Labute approximate surface area is 262 Å². The second-order valence-electron chi connectivity index (χ2n) is 12.9. The van der Waals surface area contributed by atoms with Crippen LogP contribution in [-0.2, 0) is 21.8 Å². The van der Waals surface area contributed by atoms with E-state index in [-0.39, 0.29) is 15.2 Å². The molecule has 234 valence electrons. The molecule has 3 fully saturated rings. The van der Waals surface area contributed by atoms with E-state index in [0.29, 0.717) is 17.8 Å². The number of piperidine rings is 1. The third-order valence-electron chi connectivity index (χ3n) is 10.4. The molecule has 44 heavy (non-hydrogen) atoms. The lowest BCUT2D eigenvalue weighted by Crippen LogP contribution is -2.54. The van der Waals surface area contributed by atoms with Crippen LogP contribution in [-0.4, -0.2) is 68.9 Å². The number of allylic oxidation sites excluding steroid dienone is 1. The average molecular weight is 615 g/mol. The van der Waals surface area contributed by atoms with Crippen LogP contribution in [0.3, 0.4) is 0 Å². The fourth-order valence-electron chi connectivity index (χ4n) is 8.23. The first-order chi connectivity index (χ1) is 21.4. The number of benzene rings is 2. The smallest absolute Gasteiger partial charge is 0.209 e. The van der Waals surface area contributed by atoms with Gasteiger partial charge in [-0.2, -0.15) is 0 Å². The lowest BCUT2D eigenvalue weighted by molar-refractivity contribution is 0.0646. The monoisotopic (exact) mass is 614 g/mol. The first-order valence-electron chi connectivity index (χ1n) is 16.2. The second-order valence-corrected chi connectivity index (χ2v) is 14.9. The molecule has 6 rings (SSSR count). The van der Waals surface area contributed by atoms with Crippen molar-refractivity contribution in [3.8, 4) is 0 Å². The van der Waals surface area contributed by atoms with E-state index in [2.05, 4.69) is 61.2 Å². The van der Waals surface area contributed by atoms with Gasteiger partial charge in [-0.15, -0.1) is 0 Å². The molecule has 3 aromatic rings. The van der Waals surface area contributed by atoms with E-state index < -0.39 is 9.84 Å². The Morgan fingerprint density at radius 3 is 2.30 bits per heavy atom. The van der Waals surface area contributed by atoms with Gasteiger partial charge >= 0.3 is 0 Å². The third-order valence-corrected chi connectivity index (χ3v) is 12.2. The highest BCUT2D eigenvalue weighted by molar-refractivity contribution is 7.96. The number of likely N-dealkylation sites (tertiary alicyclic amines) is 1. The van der Waals surface area contributed by atoms with Gasteiger partial charge in [0.2, 0.25) is 9.84 Å². The molecule has 2 saturated heterocycles. The van der Waals surface area contributed by atoms with Gasteiger partial charge in [-0.25, -0.2) is 13.4 Å². The van der Waals surface area contributed by atoms with Crippen molar-refractivity contribution in [3.63, 3.8) is 0 Å². The standard InChI is InChI=1S/C35H46N6O2S/c1-37-22-34(21-36)44(42,43)33-13-11-32(12-14-33)41-24-28(25-41)23-39-18-15-31(16-19-39)35(30-9-5-6-10-30,26-40-20-17-38-27-40)29-7-3-2-4-8-29/h2-4,7-8,11-14,17,20-22,27-28,30-31,36-37H,5-6,9-10,15-16,18-19,23-26H2,1H3/b34-22+,36-21?. The highest BCUT2D eigenvalue weighted by Gasteiger charge is 2.48. The normalized spacial score (nSPS) is 20.8. The summed E-state index contributed by atoms with van der Waals surface area (Å²) in [5, 5.41) is 10.2. The molecule has 1 saturated carbocycles. The van der Waals surface area contributed by atoms with E-state index in [1.54, 1.807) is 19.2 Å². The van der Waals surface area contributed by atoms with Gasteiger partial charge in [-0.3, -0.25) is 0 Å². The van der Waals surface area contributed by atoms with Crippen LogP contribution in [0.1, 0.15) is 44.1 Å². The zero-order valence-corrected chi connectivity index (χ0v) is 26.6. The molecule has 0 spiro atoms.